The molecule has 0 bridgehead atoms. The van der Waals surface area contributed by atoms with E-state index in [0.29, 0.717) is 6.42 Å². The zero-order chi connectivity index (χ0) is 20.1. The van der Waals surface area contributed by atoms with E-state index in [-0.39, 0.29) is 6.42 Å². The fourth-order valence-electron chi connectivity index (χ4n) is 3.20. The third-order valence-electron chi connectivity index (χ3n) is 4.79. The molecule has 0 saturated heterocycles. The zero-order valence-electron chi connectivity index (χ0n) is 16.9. The topological polar surface area (TPSA) is 88.3 Å². The van der Waals surface area contributed by atoms with E-state index in [1.165, 1.54) is 88.9 Å². The summed E-state index contributed by atoms with van der Waals surface area (Å²) in [7, 11) is 0. The molecule has 27 heavy (non-hydrogen) atoms. The predicted octanol–water partition coefficient (Wildman–Crippen LogP) is 5.91. The van der Waals surface area contributed by atoms with Crippen molar-refractivity contribution in [3.8, 4) is 0 Å². The lowest BCUT2D eigenvalue weighted by Crippen LogP contribution is -2.20. The minimum absolute atomic E-state index is 0.213. The maximum Gasteiger partial charge on any atom is 0.277 e. The van der Waals surface area contributed by atoms with Crippen molar-refractivity contribution in [2.75, 3.05) is 0 Å². The number of hydrogen-bond acceptors (Lipinski definition) is 6. The number of aliphatic imine (C=N–C) groups is 3. The van der Waals surface area contributed by atoms with E-state index in [9.17, 15) is 14.4 Å². The van der Waals surface area contributed by atoms with Gasteiger partial charge in [0.1, 0.15) is 0 Å². The minimum atomic E-state index is -1.71. The van der Waals surface area contributed by atoms with Crippen molar-refractivity contribution in [1.82, 2.24) is 0 Å². The van der Waals surface area contributed by atoms with Crippen LogP contribution >= 0.6 is 0 Å². The molecule has 0 aliphatic carbocycles. The Morgan fingerprint density at radius 3 is 1.11 bits per heavy atom. The van der Waals surface area contributed by atoms with Crippen LogP contribution in [0.15, 0.2) is 15.0 Å². The van der Waals surface area contributed by atoms with Crippen LogP contribution in [-0.4, -0.2) is 24.0 Å². The third-order valence-corrected chi connectivity index (χ3v) is 4.79. The van der Waals surface area contributed by atoms with Gasteiger partial charge in [0.2, 0.25) is 18.2 Å². The molecule has 0 aromatic carbocycles. The number of hydrogen-bond donors (Lipinski definition) is 0. The first-order valence-corrected chi connectivity index (χ1v) is 10.5. The summed E-state index contributed by atoms with van der Waals surface area (Å²) in [6.07, 6.45) is 22.7. The molecule has 0 radical (unpaired) electrons. The van der Waals surface area contributed by atoms with Crippen LogP contribution in [0.4, 0.5) is 0 Å². The van der Waals surface area contributed by atoms with Gasteiger partial charge in [0.15, 0.2) is 0 Å². The molecule has 0 atom stereocenters. The summed E-state index contributed by atoms with van der Waals surface area (Å²) in [5.41, 5.74) is 0. The van der Waals surface area contributed by atoms with Crippen LogP contribution in [0.25, 0.3) is 0 Å². The van der Waals surface area contributed by atoms with Gasteiger partial charge in [-0.3, -0.25) is 0 Å². The Kier molecular flexibility index (Phi) is 17.6. The number of isocyanates is 3. The highest BCUT2D eigenvalue weighted by Crippen LogP contribution is 2.23. The highest BCUT2D eigenvalue weighted by molar-refractivity contribution is 5.42. The quantitative estimate of drug-likeness (QED) is 0.159. The average molecular weight is 378 g/mol. The Labute approximate surface area is 163 Å². The van der Waals surface area contributed by atoms with E-state index in [2.05, 4.69) is 21.9 Å². The number of nitrogens with zero attached hydrogens (tertiary/aromatic N) is 3. The Bertz CT molecular complexity index is 457. The van der Waals surface area contributed by atoms with Crippen molar-refractivity contribution in [1.29, 1.82) is 0 Å². The van der Waals surface area contributed by atoms with Crippen molar-refractivity contribution < 1.29 is 14.4 Å². The summed E-state index contributed by atoms with van der Waals surface area (Å²) < 4.78 is 0. The Morgan fingerprint density at radius 2 is 0.815 bits per heavy atom. The molecule has 0 heterocycles. The van der Waals surface area contributed by atoms with E-state index in [4.69, 9.17) is 0 Å². The summed E-state index contributed by atoms with van der Waals surface area (Å²) in [6.45, 7) is 2.25. The minimum Gasteiger partial charge on any atom is -0.211 e. The predicted molar refractivity (Wildman–Crippen MR) is 107 cm³/mol. The van der Waals surface area contributed by atoms with E-state index in [1.54, 1.807) is 0 Å². The fourth-order valence-corrected chi connectivity index (χ4v) is 3.20. The molecule has 0 aromatic heterocycles. The molecule has 0 unspecified atom stereocenters. The lowest BCUT2D eigenvalue weighted by Gasteiger charge is -2.14. The Morgan fingerprint density at radius 1 is 0.519 bits per heavy atom. The largest absolute Gasteiger partial charge is 0.277 e. The zero-order valence-corrected chi connectivity index (χ0v) is 16.9. The van der Waals surface area contributed by atoms with Crippen molar-refractivity contribution in [3.05, 3.63) is 0 Å². The number of unbranched alkanes of at least 4 members (excludes halogenated alkanes) is 14. The van der Waals surface area contributed by atoms with Crippen LogP contribution in [0.3, 0.4) is 0 Å². The van der Waals surface area contributed by atoms with Crippen LogP contribution < -0.4 is 0 Å². The van der Waals surface area contributed by atoms with Crippen LogP contribution in [-0.2, 0) is 14.4 Å². The fraction of sp³-hybridized carbons (Fsp3) is 0.857. The first kappa shape index (κ1) is 25.1. The maximum absolute atomic E-state index is 10.5. The second-order valence-corrected chi connectivity index (χ2v) is 7.08. The molecular formula is C21H35N3O3. The lowest BCUT2D eigenvalue weighted by molar-refractivity contribution is 0.398. The summed E-state index contributed by atoms with van der Waals surface area (Å²) in [5, 5.41) is 0. The first-order valence-electron chi connectivity index (χ1n) is 10.5. The normalized spacial score (nSPS) is 12.3. The number of carbonyl (C=O) groups excluding carboxylic acids is 3. The molecule has 6 nitrogen and oxygen atoms in total. The third kappa shape index (κ3) is 14.9. The molecule has 0 fully saturated rings. The molecular weight excluding hydrogens is 342 g/mol. The summed E-state index contributed by atoms with van der Waals surface area (Å²) >= 11 is 0. The van der Waals surface area contributed by atoms with Crippen molar-refractivity contribution >= 4 is 18.2 Å². The van der Waals surface area contributed by atoms with Gasteiger partial charge in [0.05, 0.1) is 0 Å². The molecule has 0 aliphatic rings. The molecule has 0 rings (SSSR count). The highest BCUT2D eigenvalue weighted by Gasteiger charge is 2.28. The van der Waals surface area contributed by atoms with Crippen LogP contribution in [0.1, 0.15) is 110 Å². The van der Waals surface area contributed by atoms with E-state index >= 15 is 0 Å². The van der Waals surface area contributed by atoms with E-state index < -0.39 is 5.79 Å². The van der Waals surface area contributed by atoms with Gasteiger partial charge in [-0.25, -0.2) is 14.4 Å². The molecule has 6 heteroatoms. The second kappa shape index (κ2) is 18.9. The van der Waals surface area contributed by atoms with Gasteiger partial charge in [0.25, 0.3) is 5.79 Å². The average Bonchev–Trinajstić information content (AvgIpc) is 2.65. The highest BCUT2D eigenvalue weighted by atomic mass is 16.1. The lowest BCUT2D eigenvalue weighted by atomic mass is 10.0. The monoisotopic (exact) mass is 377 g/mol. The molecule has 0 saturated carbocycles. The van der Waals surface area contributed by atoms with Gasteiger partial charge in [-0.1, -0.05) is 96.8 Å². The molecule has 0 amide bonds. The van der Waals surface area contributed by atoms with Crippen molar-refractivity contribution in [2.24, 2.45) is 15.0 Å². The van der Waals surface area contributed by atoms with Crippen LogP contribution in [0.5, 0.6) is 0 Å². The standard InChI is InChI=1S/C21H35N3O3/c1-2-3-4-5-6-7-8-9-10-11-12-13-14-15-16-17-21(22-18-25,23-19-26)24-20-27/h2-17H2,1H3. The van der Waals surface area contributed by atoms with Crippen LogP contribution in [0, 0.1) is 0 Å². The molecule has 0 aromatic rings. The van der Waals surface area contributed by atoms with Crippen molar-refractivity contribution in [2.45, 2.75) is 115 Å². The van der Waals surface area contributed by atoms with Crippen LogP contribution in [0.2, 0.25) is 0 Å². The molecule has 152 valence electrons. The van der Waals surface area contributed by atoms with Gasteiger partial charge in [0, 0.05) is 6.42 Å². The summed E-state index contributed by atoms with van der Waals surface area (Å²) in [6, 6.07) is 0. The Balaban J connectivity index is 3.62. The van der Waals surface area contributed by atoms with Gasteiger partial charge in [-0.15, -0.1) is 0 Å². The Hall–Kier alpha value is -1.86. The number of rotatable bonds is 19. The SMILES string of the molecule is CCCCCCCCCCCCCCCCCC(N=C=O)(N=C=O)N=C=O. The second-order valence-electron chi connectivity index (χ2n) is 7.08. The van der Waals surface area contributed by atoms with Gasteiger partial charge in [-0.05, 0) is 6.42 Å². The summed E-state index contributed by atoms with van der Waals surface area (Å²) in [4.78, 5) is 41.5. The van der Waals surface area contributed by atoms with Gasteiger partial charge >= 0.3 is 0 Å². The van der Waals surface area contributed by atoms with Crippen molar-refractivity contribution in [3.63, 3.8) is 0 Å². The molecule has 0 N–H and O–H groups in total. The smallest absolute Gasteiger partial charge is 0.211 e. The van der Waals surface area contributed by atoms with Gasteiger partial charge < -0.3 is 0 Å². The van der Waals surface area contributed by atoms with E-state index in [0.717, 1.165) is 19.3 Å². The van der Waals surface area contributed by atoms with E-state index in [1.807, 2.05) is 0 Å². The molecule has 0 aliphatic heterocycles. The van der Waals surface area contributed by atoms with Gasteiger partial charge in [-0.2, -0.15) is 15.0 Å². The molecule has 0 spiro atoms. The first-order chi connectivity index (χ1) is 13.2. The summed E-state index contributed by atoms with van der Waals surface area (Å²) in [5.74, 6) is -1.71. The maximum atomic E-state index is 10.5.